The van der Waals surface area contributed by atoms with Crippen LogP contribution in [0.5, 0.6) is 5.75 Å². The Balaban J connectivity index is 1.44. The van der Waals surface area contributed by atoms with E-state index in [1.807, 2.05) is 0 Å². The fraction of sp³-hybridized carbons (Fsp3) is 0.476. The van der Waals surface area contributed by atoms with E-state index in [1.54, 1.807) is 18.2 Å². The van der Waals surface area contributed by atoms with Gasteiger partial charge in [-0.2, -0.15) is 0 Å². The normalized spacial score (nSPS) is 26.4. The Morgan fingerprint density at radius 3 is 2.34 bits per heavy atom. The van der Waals surface area contributed by atoms with Crippen molar-refractivity contribution in [3.8, 4) is 17.0 Å². The molecule has 5 atom stereocenters. The van der Waals surface area contributed by atoms with Gasteiger partial charge in [-0.3, -0.25) is 21.0 Å². The van der Waals surface area contributed by atoms with Gasteiger partial charge >= 0.3 is 5.97 Å². The van der Waals surface area contributed by atoms with Gasteiger partial charge in [0.05, 0.1) is 23.4 Å². The van der Waals surface area contributed by atoms with Crippen LogP contribution in [0, 0.1) is 5.92 Å². The highest BCUT2D eigenvalue weighted by Gasteiger charge is 2.50. The SMILES string of the molecule is O=C(OC[C@H]1CC(OO)[C@@H](OO)[C@@H](OO)[C@H]1OO)c1cc(-c2ccc(OC3CC3)c(Cl)c2)ncn1. The van der Waals surface area contributed by atoms with Gasteiger partial charge in [-0.15, -0.1) is 0 Å². The summed E-state index contributed by atoms with van der Waals surface area (Å²) in [6.45, 7) is -0.347. The summed E-state index contributed by atoms with van der Waals surface area (Å²) >= 11 is 6.31. The molecule has 35 heavy (non-hydrogen) atoms. The molecule has 2 fully saturated rings. The van der Waals surface area contributed by atoms with E-state index in [9.17, 15) is 10.1 Å². The number of ether oxygens (including phenoxy) is 2. The molecule has 14 heteroatoms. The van der Waals surface area contributed by atoms with E-state index in [4.69, 9.17) is 36.8 Å². The summed E-state index contributed by atoms with van der Waals surface area (Å²) in [6, 6.07) is 6.59. The molecular weight excluding hydrogens is 492 g/mol. The number of aromatic nitrogens is 2. The molecular formula is C21H23ClN2O11. The number of benzene rings is 1. The summed E-state index contributed by atoms with van der Waals surface area (Å²) in [5.41, 5.74) is 1.01. The van der Waals surface area contributed by atoms with Crippen LogP contribution >= 0.6 is 11.6 Å². The van der Waals surface area contributed by atoms with Crippen molar-refractivity contribution in [2.24, 2.45) is 5.92 Å². The van der Waals surface area contributed by atoms with Crippen molar-refractivity contribution in [1.82, 2.24) is 9.97 Å². The smallest absolute Gasteiger partial charge is 0.357 e. The van der Waals surface area contributed by atoms with Crippen LogP contribution in [0.3, 0.4) is 0 Å². The standard InChI is InChI=1S/C21H23ClN2O11/c22-13-5-10(1-4-16(13)31-12-2-3-12)14-7-15(24-9-23-14)21(25)30-8-11-6-17(32-26)19(34-28)20(35-29)18(11)33-27/h1,4-5,7,9,11-12,17-20,26-29H,2-3,6,8H2/t11-,17?,18+,19-,20+/m1/s1. The van der Waals surface area contributed by atoms with Crippen molar-refractivity contribution in [3.63, 3.8) is 0 Å². The zero-order valence-corrected chi connectivity index (χ0v) is 18.9. The van der Waals surface area contributed by atoms with Gasteiger partial charge in [-0.25, -0.2) is 34.3 Å². The van der Waals surface area contributed by atoms with E-state index in [0.717, 1.165) is 12.8 Å². The van der Waals surface area contributed by atoms with Gasteiger partial charge in [0, 0.05) is 11.5 Å². The van der Waals surface area contributed by atoms with Gasteiger partial charge in [0.1, 0.15) is 24.3 Å². The number of carbonyl (C=O) groups is 1. The molecule has 13 nitrogen and oxygen atoms in total. The molecule has 2 saturated carbocycles. The fourth-order valence-electron chi connectivity index (χ4n) is 3.90. The molecule has 0 saturated heterocycles. The van der Waals surface area contributed by atoms with E-state index < -0.39 is 36.3 Å². The molecule has 0 spiro atoms. The molecule has 0 aliphatic heterocycles. The lowest BCUT2D eigenvalue weighted by Crippen LogP contribution is -2.57. The number of halogens is 1. The maximum atomic E-state index is 12.6. The van der Waals surface area contributed by atoms with E-state index in [0.29, 0.717) is 22.0 Å². The second-order valence-corrected chi connectivity index (χ2v) is 8.61. The van der Waals surface area contributed by atoms with E-state index in [-0.39, 0.29) is 24.8 Å². The average Bonchev–Trinajstić information content (AvgIpc) is 3.71. The Kier molecular flexibility index (Phi) is 8.43. The van der Waals surface area contributed by atoms with E-state index >= 15 is 0 Å². The first-order valence-electron chi connectivity index (χ1n) is 10.7. The second-order valence-electron chi connectivity index (χ2n) is 8.20. The topological polar surface area (TPSA) is 179 Å². The minimum atomic E-state index is -1.47. The third-order valence-corrected chi connectivity index (χ3v) is 6.16. The molecule has 4 rings (SSSR count). The van der Waals surface area contributed by atoms with Crippen molar-refractivity contribution in [3.05, 3.63) is 41.3 Å². The molecule has 0 bridgehead atoms. The molecule has 1 unspecified atom stereocenters. The van der Waals surface area contributed by atoms with Gasteiger partial charge in [-0.05, 0) is 43.5 Å². The third kappa shape index (κ3) is 5.86. The molecule has 1 heterocycles. The van der Waals surface area contributed by atoms with Crippen LogP contribution in [0.2, 0.25) is 5.02 Å². The lowest BCUT2D eigenvalue weighted by Gasteiger charge is -2.40. The third-order valence-electron chi connectivity index (χ3n) is 5.86. The van der Waals surface area contributed by atoms with Crippen molar-refractivity contribution < 1.29 is 54.8 Å². The number of esters is 1. The first kappa shape index (κ1) is 25.6. The summed E-state index contributed by atoms with van der Waals surface area (Å²) < 4.78 is 11.0. The molecule has 1 aromatic carbocycles. The minimum absolute atomic E-state index is 0.0526. The van der Waals surface area contributed by atoms with Gasteiger partial charge in [0.2, 0.25) is 0 Å². The maximum absolute atomic E-state index is 12.6. The fourth-order valence-corrected chi connectivity index (χ4v) is 4.12. The predicted molar refractivity (Wildman–Crippen MR) is 115 cm³/mol. The molecule has 190 valence electrons. The Morgan fingerprint density at radius 1 is 0.971 bits per heavy atom. The predicted octanol–water partition coefficient (Wildman–Crippen LogP) is 2.95. The monoisotopic (exact) mass is 514 g/mol. The van der Waals surface area contributed by atoms with Crippen LogP contribution in [-0.2, 0) is 24.3 Å². The Labute approximate surface area is 203 Å². The highest BCUT2D eigenvalue weighted by atomic mass is 35.5. The van der Waals surface area contributed by atoms with Crippen molar-refractivity contribution in [1.29, 1.82) is 0 Å². The van der Waals surface area contributed by atoms with Crippen LogP contribution in [0.4, 0.5) is 0 Å². The molecule has 0 amide bonds. The second kappa shape index (κ2) is 11.5. The Hall–Kier alpha value is -2.46. The first-order valence-corrected chi connectivity index (χ1v) is 11.0. The molecule has 2 aliphatic carbocycles. The largest absolute Gasteiger partial charge is 0.489 e. The first-order chi connectivity index (χ1) is 17.0. The Bertz CT molecular complexity index is 1020. The van der Waals surface area contributed by atoms with Gasteiger partial charge in [-0.1, -0.05) is 11.6 Å². The van der Waals surface area contributed by atoms with Crippen molar-refractivity contribution in [2.75, 3.05) is 6.61 Å². The molecule has 2 aliphatic rings. The van der Waals surface area contributed by atoms with E-state index in [2.05, 4.69) is 29.5 Å². The van der Waals surface area contributed by atoms with Crippen LogP contribution in [0.1, 0.15) is 29.8 Å². The summed E-state index contributed by atoms with van der Waals surface area (Å²) in [4.78, 5) is 37.7. The molecule has 0 radical (unpaired) electrons. The quantitative estimate of drug-likeness (QED) is 0.206. The zero-order valence-electron chi connectivity index (χ0n) is 18.1. The lowest BCUT2D eigenvalue weighted by atomic mass is 9.81. The molecule has 2 aromatic rings. The van der Waals surface area contributed by atoms with Gasteiger partial charge < -0.3 is 9.47 Å². The summed E-state index contributed by atoms with van der Waals surface area (Å²) in [6.07, 6.45) is -2.05. The number of nitrogens with zero attached hydrogens (tertiary/aromatic N) is 2. The molecule has 4 N–H and O–H groups in total. The van der Waals surface area contributed by atoms with Gasteiger partial charge in [0.25, 0.3) is 0 Å². The number of hydrogen-bond donors (Lipinski definition) is 4. The van der Waals surface area contributed by atoms with Crippen LogP contribution < -0.4 is 4.74 Å². The Morgan fingerprint density at radius 2 is 1.71 bits per heavy atom. The summed E-state index contributed by atoms with van der Waals surface area (Å²) in [5.74, 6) is -1.07. The van der Waals surface area contributed by atoms with Gasteiger partial charge in [0.15, 0.2) is 17.9 Å². The minimum Gasteiger partial charge on any atom is -0.489 e. The van der Waals surface area contributed by atoms with Crippen LogP contribution in [0.15, 0.2) is 30.6 Å². The average molecular weight is 515 g/mol. The summed E-state index contributed by atoms with van der Waals surface area (Å²) in [5, 5.41) is 36.9. The summed E-state index contributed by atoms with van der Waals surface area (Å²) in [7, 11) is 0. The van der Waals surface area contributed by atoms with Crippen LogP contribution in [-0.4, -0.2) is 74.1 Å². The highest BCUT2D eigenvalue weighted by molar-refractivity contribution is 6.32. The maximum Gasteiger partial charge on any atom is 0.357 e. The lowest BCUT2D eigenvalue weighted by molar-refractivity contribution is -0.441. The zero-order chi connectivity index (χ0) is 24.9. The number of carbonyl (C=O) groups excluding carboxylic acids is 1. The van der Waals surface area contributed by atoms with Crippen molar-refractivity contribution >= 4 is 17.6 Å². The number of rotatable bonds is 10. The van der Waals surface area contributed by atoms with Crippen molar-refractivity contribution in [2.45, 2.75) is 49.8 Å². The number of hydrogen-bond acceptors (Lipinski definition) is 13. The molecule has 1 aromatic heterocycles. The highest BCUT2D eigenvalue weighted by Crippen LogP contribution is 2.35. The van der Waals surface area contributed by atoms with E-state index in [1.165, 1.54) is 12.4 Å². The van der Waals surface area contributed by atoms with Crippen LogP contribution in [0.25, 0.3) is 11.3 Å².